The summed E-state index contributed by atoms with van der Waals surface area (Å²) in [5.41, 5.74) is 4.72. The largest absolute Gasteiger partial charge is 0.361 e. The summed E-state index contributed by atoms with van der Waals surface area (Å²) < 4.78 is 39.9. The molecule has 52 heavy (non-hydrogen) atoms. The third-order valence-electron chi connectivity index (χ3n) is 9.04. The van der Waals surface area contributed by atoms with E-state index in [2.05, 4.69) is 62.1 Å². The molecule has 5 aromatic rings. The molecule has 2 aromatic carbocycles. The Labute approximate surface area is 310 Å². The number of anilines is 2. The van der Waals surface area contributed by atoms with Gasteiger partial charge in [0.1, 0.15) is 19.0 Å². The number of benzene rings is 2. The van der Waals surface area contributed by atoms with Crippen molar-refractivity contribution < 1.29 is 17.9 Å². The molecule has 1 aliphatic heterocycles. The molecule has 0 saturated carbocycles. The predicted molar refractivity (Wildman–Crippen MR) is 217 cm³/mol. The van der Waals surface area contributed by atoms with Crippen molar-refractivity contribution in [3.8, 4) is 23.0 Å². The van der Waals surface area contributed by atoms with E-state index in [1.807, 2.05) is 76.4 Å². The SMILES string of the molecule is C[Si](C)(C)CCOCN(COCC[Si](C)(C)C)c1c(C#Cc2ccccc2)c(N2CCS(=O)(=O)CC2)nc2c(-c3cnc4ccccc4c3)cnn12. The van der Waals surface area contributed by atoms with Crippen molar-refractivity contribution in [2.24, 2.45) is 0 Å². The van der Waals surface area contributed by atoms with Crippen LogP contribution >= 0.6 is 0 Å². The van der Waals surface area contributed by atoms with E-state index < -0.39 is 26.0 Å². The van der Waals surface area contributed by atoms with Crippen LogP contribution in [0, 0.1) is 11.8 Å². The first-order valence-corrected chi connectivity index (χ1v) is 27.2. The summed E-state index contributed by atoms with van der Waals surface area (Å²) in [5, 5.41) is 5.97. The fourth-order valence-electron chi connectivity index (χ4n) is 5.87. The van der Waals surface area contributed by atoms with Gasteiger partial charge in [0.25, 0.3) is 0 Å². The molecule has 13 heteroatoms. The number of hydrogen-bond acceptors (Lipinski definition) is 9. The van der Waals surface area contributed by atoms with Crippen LogP contribution in [0.5, 0.6) is 0 Å². The number of pyridine rings is 1. The van der Waals surface area contributed by atoms with Gasteiger partial charge >= 0.3 is 0 Å². The van der Waals surface area contributed by atoms with Crippen molar-refractivity contribution in [3.63, 3.8) is 0 Å². The van der Waals surface area contributed by atoms with Crippen molar-refractivity contribution in [1.29, 1.82) is 0 Å². The molecule has 0 atom stereocenters. The van der Waals surface area contributed by atoms with Crippen molar-refractivity contribution in [2.75, 3.05) is 61.1 Å². The van der Waals surface area contributed by atoms with E-state index in [1.165, 1.54) is 0 Å². The number of para-hydroxylation sites is 1. The van der Waals surface area contributed by atoms with Crippen molar-refractivity contribution in [1.82, 2.24) is 19.6 Å². The van der Waals surface area contributed by atoms with Crippen molar-refractivity contribution >= 4 is 54.2 Å². The smallest absolute Gasteiger partial charge is 0.167 e. The first kappa shape index (κ1) is 37.7. The molecular formula is C39H50N6O4SSi2. The quantitative estimate of drug-likeness (QED) is 0.0544. The minimum absolute atomic E-state index is 0.0464. The maximum absolute atomic E-state index is 12.6. The molecule has 0 amide bonds. The fraction of sp³-hybridized carbons (Fsp3) is 0.410. The molecule has 0 unspecified atom stereocenters. The first-order chi connectivity index (χ1) is 24.8. The number of sulfone groups is 1. The van der Waals surface area contributed by atoms with Gasteiger partial charge in [-0.05, 0) is 36.4 Å². The second kappa shape index (κ2) is 15.9. The summed E-state index contributed by atoms with van der Waals surface area (Å²) in [6.07, 6.45) is 3.68. The number of nitrogens with zero attached hydrogens (tertiary/aromatic N) is 6. The Bertz CT molecular complexity index is 2150. The number of aromatic nitrogens is 4. The van der Waals surface area contributed by atoms with Gasteiger partial charge < -0.3 is 19.3 Å². The van der Waals surface area contributed by atoms with Crippen molar-refractivity contribution in [3.05, 3.63) is 84.2 Å². The van der Waals surface area contributed by atoms with Gasteiger partial charge in [0.15, 0.2) is 27.1 Å². The van der Waals surface area contributed by atoms with Crippen LogP contribution in [0.1, 0.15) is 11.1 Å². The van der Waals surface area contributed by atoms with Crippen LogP contribution in [-0.2, 0) is 19.3 Å². The highest BCUT2D eigenvalue weighted by atomic mass is 32.2. The van der Waals surface area contributed by atoms with Crippen LogP contribution in [0.2, 0.25) is 51.4 Å². The molecule has 1 aliphatic rings. The highest BCUT2D eigenvalue weighted by Gasteiger charge is 2.30. The van der Waals surface area contributed by atoms with Gasteiger partial charge in [0.2, 0.25) is 0 Å². The van der Waals surface area contributed by atoms with E-state index in [0.717, 1.165) is 39.7 Å². The standard InChI is InChI=1S/C39H50N6O4SSi2/c1-51(2,3)24-20-48-29-44(30-49-21-25-52(4,5)6)39-34(17-16-31-12-8-7-9-13-31)37(43-18-22-50(46,47)23-19-43)42-38-35(28-41-45(38)39)33-26-32-14-10-11-15-36(32)40-27-33/h7-15,26-28H,18-25,29-30H2,1-6H3. The van der Waals surface area contributed by atoms with Gasteiger partial charge in [0, 0.05) is 70.7 Å². The normalized spacial score (nSPS) is 14.8. The maximum atomic E-state index is 12.6. The minimum atomic E-state index is -3.15. The summed E-state index contributed by atoms with van der Waals surface area (Å²) in [4.78, 5) is 14.1. The number of hydrogen-bond donors (Lipinski definition) is 0. The molecule has 6 rings (SSSR count). The molecule has 0 radical (unpaired) electrons. The van der Waals surface area contributed by atoms with Crippen molar-refractivity contribution in [2.45, 2.75) is 51.4 Å². The lowest BCUT2D eigenvalue weighted by molar-refractivity contribution is 0.0942. The second-order valence-corrected chi connectivity index (χ2v) is 29.4. The lowest BCUT2D eigenvalue weighted by atomic mass is 10.1. The van der Waals surface area contributed by atoms with E-state index in [4.69, 9.17) is 24.5 Å². The van der Waals surface area contributed by atoms with E-state index in [-0.39, 0.29) is 25.0 Å². The Morgan fingerprint density at radius 3 is 2.12 bits per heavy atom. The summed E-state index contributed by atoms with van der Waals surface area (Å²) in [6.45, 7) is 16.5. The monoisotopic (exact) mass is 754 g/mol. The number of ether oxygens (including phenoxy) is 2. The Balaban J connectivity index is 1.55. The Morgan fingerprint density at radius 1 is 0.827 bits per heavy atom. The summed E-state index contributed by atoms with van der Waals surface area (Å²) >= 11 is 0. The highest BCUT2D eigenvalue weighted by molar-refractivity contribution is 7.91. The van der Waals surface area contributed by atoms with Gasteiger partial charge in [-0.25, -0.2) is 13.4 Å². The molecule has 1 fully saturated rings. The number of fused-ring (bicyclic) bond motifs is 2. The third-order valence-corrected chi connectivity index (χ3v) is 14.1. The zero-order valence-electron chi connectivity index (χ0n) is 31.2. The molecule has 3 aromatic heterocycles. The summed E-state index contributed by atoms with van der Waals surface area (Å²) in [7, 11) is -5.84. The van der Waals surface area contributed by atoms with E-state index >= 15 is 0 Å². The minimum Gasteiger partial charge on any atom is -0.361 e. The van der Waals surface area contributed by atoms with Gasteiger partial charge in [-0.15, -0.1) is 0 Å². The average Bonchev–Trinajstić information content (AvgIpc) is 3.53. The summed E-state index contributed by atoms with van der Waals surface area (Å²) in [6, 6.07) is 22.0. The maximum Gasteiger partial charge on any atom is 0.167 e. The Morgan fingerprint density at radius 2 is 1.46 bits per heavy atom. The molecule has 1 saturated heterocycles. The van der Waals surface area contributed by atoms with Crippen LogP contribution in [0.15, 0.2) is 73.1 Å². The lowest BCUT2D eigenvalue weighted by Gasteiger charge is -2.32. The van der Waals surface area contributed by atoms with Crippen LogP contribution in [-0.4, -0.2) is 95.4 Å². The topological polar surface area (TPSA) is 102 Å². The van der Waals surface area contributed by atoms with Crippen LogP contribution in [0.3, 0.4) is 0 Å². The van der Waals surface area contributed by atoms with Gasteiger partial charge in [0.05, 0.1) is 23.2 Å². The van der Waals surface area contributed by atoms with Crippen LogP contribution in [0.4, 0.5) is 11.6 Å². The molecule has 0 bridgehead atoms. The van der Waals surface area contributed by atoms with E-state index in [9.17, 15) is 8.42 Å². The molecule has 274 valence electrons. The van der Waals surface area contributed by atoms with Gasteiger partial charge in [-0.1, -0.05) is 87.5 Å². The first-order valence-electron chi connectivity index (χ1n) is 18.0. The molecule has 0 N–H and O–H groups in total. The third kappa shape index (κ3) is 9.67. The molecule has 4 heterocycles. The lowest BCUT2D eigenvalue weighted by Crippen LogP contribution is -2.41. The van der Waals surface area contributed by atoms with E-state index in [1.54, 1.807) is 0 Å². The highest BCUT2D eigenvalue weighted by Crippen LogP contribution is 2.35. The van der Waals surface area contributed by atoms with Gasteiger partial charge in [-0.2, -0.15) is 9.61 Å². The molecular weight excluding hydrogens is 705 g/mol. The Kier molecular flexibility index (Phi) is 11.5. The molecule has 0 aliphatic carbocycles. The van der Waals surface area contributed by atoms with E-state index in [0.29, 0.717) is 49.1 Å². The fourth-order valence-corrected chi connectivity index (χ4v) is 8.58. The zero-order valence-corrected chi connectivity index (χ0v) is 34.0. The number of rotatable bonds is 13. The van der Waals surface area contributed by atoms with Crippen LogP contribution < -0.4 is 9.80 Å². The molecule has 10 nitrogen and oxygen atoms in total. The Hall–Kier alpha value is -4.07. The molecule has 0 spiro atoms. The summed E-state index contributed by atoms with van der Waals surface area (Å²) in [5.74, 6) is 8.24. The average molecular weight is 755 g/mol. The zero-order chi connectivity index (χ0) is 36.9. The predicted octanol–water partition coefficient (Wildman–Crippen LogP) is 7.01. The van der Waals surface area contributed by atoms with Gasteiger partial charge in [-0.3, -0.25) is 4.98 Å². The van der Waals surface area contributed by atoms with Crippen LogP contribution in [0.25, 0.3) is 27.7 Å². The second-order valence-electron chi connectivity index (χ2n) is 15.8.